The zero-order valence-corrected chi connectivity index (χ0v) is 22.0. The first kappa shape index (κ1) is 26.5. The Kier molecular flexibility index (Phi) is 8.89. The fourth-order valence-corrected chi connectivity index (χ4v) is 6.22. The van der Waals surface area contributed by atoms with Crippen molar-refractivity contribution < 1.29 is 13.2 Å². The van der Waals surface area contributed by atoms with E-state index in [0.29, 0.717) is 25.1 Å². The van der Waals surface area contributed by atoms with E-state index in [1.54, 1.807) is 0 Å². The lowest BCUT2D eigenvalue weighted by atomic mass is 9.82. The van der Waals surface area contributed by atoms with Crippen LogP contribution in [0.3, 0.4) is 0 Å². The number of rotatable bonds is 6. The summed E-state index contributed by atoms with van der Waals surface area (Å²) in [6, 6.07) is 8.69. The van der Waals surface area contributed by atoms with E-state index in [9.17, 15) is 8.42 Å². The normalized spacial score (nSPS) is 26.7. The third-order valence-electron chi connectivity index (χ3n) is 6.99. The van der Waals surface area contributed by atoms with Crippen LogP contribution in [0.15, 0.2) is 30.5 Å². The molecule has 2 heterocycles. The Morgan fingerprint density at radius 3 is 2.39 bits per heavy atom. The van der Waals surface area contributed by atoms with Crippen LogP contribution in [0.4, 0.5) is 0 Å². The van der Waals surface area contributed by atoms with Crippen molar-refractivity contribution in [2.75, 3.05) is 25.2 Å². The lowest BCUT2D eigenvalue weighted by molar-refractivity contribution is -0.0755. The van der Waals surface area contributed by atoms with Gasteiger partial charge in [-0.25, -0.2) is 13.4 Å². The molecule has 1 saturated heterocycles. The molecule has 2 atom stereocenters. The van der Waals surface area contributed by atoms with Crippen LogP contribution in [0.5, 0.6) is 0 Å². The lowest BCUT2D eigenvalue weighted by Crippen LogP contribution is -2.56. The Bertz CT molecular complexity index is 999. The molecule has 4 rings (SSSR count). The molecule has 0 radical (unpaired) electrons. The zero-order valence-electron chi connectivity index (χ0n) is 19.6. The molecule has 0 bridgehead atoms. The molecule has 0 spiro atoms. The van der Waals surface area contributed by atoms with Gasteiger partial charge in [-0.05, 0) is 56.7 Å². The van der Waals surface area contributed by atoms with E-state index in [-0.39, 0.29) is 30.3 Å². The van der Waals surface area contributed by atoms with Crippen LogP contribution in [0.25, 0.3) is 0 Å². The topological polar surface area (TPSA) is 64.4 Å². The number of imidazole rings is 1. The van der Waals surface area contributed by atoms with E-state index in [2.05, 4.69) is 34.8 Å². The molecule has 33 heavy (non-hydrogen) atoms. The molecular formula is C24H35Cl2N3O3S. The average Bonchev–Trinajstić information content (AvgIpc) is 3.08. The minimum atomic E-state index is -3.08. The Labute approximate surface area is 209 Å². The van der Waals surface area contributed by atoms with Gasteiger partial charge in [0.1, 0.15) is 15.7 Å². The third kappa shape index (κ3) is 6.95. The van der Waals surface area contributed by atoms with Crippen LogP contribution in [0, 0.1) is 6.92 Å². The smallest absolute Gasteiger partial charge is 0.150 e. The highest BCUT2D eigenvalue weighted by molar-refractivity contribution is 7.90. The van der Waals surface area contributed by atoms with Gasteiger partial charge < -0.3 is 9.30 Å². The predicted octanol–water partition coefficient (Wildman–Crippen LogP) is 4.19. The number of aromatic nitrogens is 2. The van der Waals surface area contributed by atoms with Crippen LogP contribution in [0.1, 0.15) is 48.7 Å². The minimum absolute atomic E-state index is 0. The monoisotopic (exact) mass is 515 g/mol. The maximum Gasteiger partial charge on any atom is 0.150 e. The Morgan fingerprint density at radius 1 is 1.15 bits per heavy atom. The van der Waals surface area contributed by atoms with Gasteiger partial charge in [0.05, 0.1) is 24.2 Å². The van der Waals surface area contributed by atoms with Gasteiger partial charge in [-0.2, -0.15) is 0 Å². The highest BCUT2D eigenvalue weighted by Gasteiger charge is 2.37. The molecule has 0 unspecified atom stereocenters. The SMILES string of the molecule is Cc1nc(C2CCC(N3C[C@H](CS(C)(=O)=O)OC[C@@H]3Cc3ccc(Cl)cc3)CC2)cn1C.Cl. The van der Waals surface area contributed by atoms with Crippen molar-refractivity contribution in [2.45, 2.75) is 63.1 Å². The molecule has 2 fully saturated rings. The van der Waals surface area contributed by atoms with Gasteiger partial charge >= 0.3 is 0 Å². The zero-order chi connectivity index (χ0) is 22.9. The Balaban J connectivity index is 0.00000306. The number of hydrogen-bond donors (Lipinski definition) is 0. The van der Waals surface area contributed by atoms with Gasteiger partial charge in [0.25, 0.3) is 0 Å². The van der Waals surface area contributed by atoms with Crippen molar-refractivity contribution in [3.63, 3.8) is 0 Å². The molecule has 1 aromatic heterocycles. The first-order chi connectivity index (χ1) is 15.2. The molecule has 1 aliphatic carbocycles. The summed E-state index contributed by atoms with van der Waals surface area (Å²) in [6.07, 6.45) is 8.50. The van der Waals surface area contributed by atoms with E-state index >= 15 is 0 Å². The van der Waals surface area contributed by atoms with Gasteiger partial charge in [-0.15, -0.1) is 12.4 Å². The van der Waals surface area contributed by atoms with E-state index in [1.165, 1.54) is 17.5 Å². The van der Waals surface area contributed by atoms with E-state index < -0.39 is 9.84 Å². The number of sulfone groups is 1. The molecule has 2 aromatic rings. The highest BCUT2D eigenvalue weighted by atomic mass is 35.5. The number of morpholine rings is 1. The molecule has 1 aliphatic heterocycles. The van der Waals surface area contributed by atoms with E-state index in [1.807, 2.05) is 19.1 Å². The van der Waals surface area contributed by atoms with Crippen molar-refractivity contribution in [3.05, 3.63) is 52.6 Å². The van der Waals surface area contributed by atoms with E-state index in [4.69, 9.17) is 21.3 Å². The second kappa shape index (κ2) is 11.1. The number of aryl methyl sites for hydroxylation is 2. The van der Waals surface area contributed by atoms with Gasteiger partial charge in [0.2, 0.25) is 0 Å². The first-order valence-electron chi connectivity index (χ1n) is 11.5. The lowest BCUT2D eigenvalue weighted by Gasteiger charge is -2.46. The largest absolute Gasteiger partial charge is 0.374 e. The minimum Gasteiger partial charge on any atom is -0.374 e. The summed E-state index contributed by atoms with van der Waals surface area (Å²) in [5, 5.41) is 0.738. The summed E-state index contributed by atoms with van der Waals surface area (Å²) in [5.74, 6) is 1.65. The number of halogens is 2. The molecule has 0 N–H and O–H groups in total. The van der Waals surface area contributed by atoms with Crippen molar-refractivity contribution in [2.24, 2.45) is 7.05 Å². The molecular weight excluding hydrogens is 481 g/mol. The fraction of sp³-hybridized carbons (Fsp3) is 0.625. The van der Waals surface area contributed by atoms with Gasteiger partial charge in [0, 0.05) is 49.1 Å². The molecule has 1 aromatic carbocycles. The van der Waals surface area contributed by atoms with E-state index in [0.717, 1.165) is 43.0 Å². The molecule has 2 aliphatic rings. The highest BCUT2D eigenvalue weighted by Crippen LogP contribution is 2.36. The van der Waals surface area contributed by atoms with Crippen LogP contribution in [0.2, 0.25) is 5.02 Å². The second-order valence-corrected chi connectivity index (χ2v) is 12.2. The van der Waals surface area contributed by atoms with Crippen molar-refractivity contribution in [1.82, 2.24) is 14.5 Å². The summed E-state index contributed by atoms with van der Waals surface area (Å²) in [5.41, 5.74) is 2.44. The summed E-state index contributed by atoms with van der Waals surface area (Å²) in [4.78, 5) is 7.29. The second-order valence-electron chi connectivity index (χ2n) is 9.56. The van der Waals surface area contributed by atoms with Gasteiger partial charge in [-0.3, -0.25) is 4.90 Å². The molecule has 0 amide bonds. The number of nitrogens with zero attached hydrogens (tertiary/aromatic N) is 3. The number of ether oxygens (including phenoxy) is 1. The standard InChI is InChI=1S/C24H34ClN3O3S.ClH/c1-17-26-24(14-27(17)2)19-6-10-21(11-7-19)28-13-23(16-32(3,29)30)31-15-22(28)12-18-4-8-20(25)9-5-18;/h4-5,8-9,14,19,21-23H,6-7,10-13,15-16H2,1-3H3;1H/t19?,21?,22-,23+;/m0./s1. The van der Waals surface area contributed by atoms with Crippen LogP contribution in [-0.2, 0) is 28.0 Å². The van der Waals surface area contributed by atoms with Gasteiger partial charge in [-0.1, -0.05) is 23.7 Å². The Morgan fingerprint density at radius 2 is 1.82 bits per heavy atom. The summed E-state index contributed by atoms with van der Waals surface area (Å²) < 4.78 is 31.9. The van der Waals surface area contributed by atoms with Crippen molar-refractivity contribution in [3.8, 4) is 0 Å². The molecule has 9 heteroatoms. The first-order valence-corrected chi connectivity index (χ1v) is 13.9. The number of benzene rings is 1. The molecule has 184 valence electrons. The maximum atomic E-state index is 11.9. The summed E-state index contributed by atoms with van der Waals surface area (Å²) in [6.45, 7) is 3.28. The summed E-state index contributed by atoms with van der Waals surface area (Å²) >= 11 is 6.06. The van der Waals surface area contributed by atoms with Gasteiger partial charge in [0.15, 0.2) is 0 Å². The predicted molar refractivity (Wildman–Crippen MR) is 135 cm³/mol. The maximum absolute atomic E-state index is 11.9. The average molecular weight is 517 g/mol. The van der Waals surface area contributed by atoms with Crippen molar-refractivity contribution in [1.29, 1.82) is 0 Å². The molecule has 1 saturated carbocycles. The summed E-state index contributed by atoms with van der Waals surface area (Å²) in [7, 11) is -1.03. The fourth-order valence-electron chi connectivity index (χ4n) is 5.22. The quantitative estimate of drug-likeness (QED) is 0.576. The van der Waals surface area contributed by atoms with Crippen molar-refractivity contribution >= 4 is 33.8 Å². The number of hydrogen-bond acceptors (Lipinski definition) is 5. The third-order valence-corrected chi connectivity index (χ3v) is 8.22. The van der Waals surface area contributed by atoms with Crippen LogP contribution >= 0.6 is 24.0 Å². The Hall–Kier alpha value is -1.12. The molecule has 6 nitrogen and oxygen atoms in total. The van der Waals surface area contributed by atoms with Crippen LogP contribution in [-0.4, -0.2) is 66.2 Å². The van der Waals surface area contributed by atoms with Crippen LogP contribution < -0.4 is 0 Å².